The van der Waals surface area contributed by atoms with Crippen LogP contribution in [0.3, 0.4) is 0 Å². The van der Waals surface area contributed by atoms with Gasteiger partial charge in [0.1, 0.15) is 11.7 Å². The van der Waals surface area contributed by atoms with Crippen molar-refractivity contribution in [1.82, 2.24) is 10.2 Å². The maximum absolute atomic E-state index is 9.84. The summed E-state index contributed by atoms with van der Waals surface area (Å²) >= 11 is 0. The minimum Gasteiger partial charge on any atom is -0.402 e. The fourth-order valence-electron chi connectivity index (χ4n) is 3.51. The Bertz CT molecular complexity index is 1010. The molecule has 0 aromatic rings. The average molecular weight is 523 g/mol. The molecule has 0 spiro atoms. The largest absolute Gasteiger partial charge is 0.402 e. The number of likely N-dealkylation sites (tertiary alicyclic amines) is 1. The van der Waals surface area contributed by atoms with Crippen LogP contribution < -0.4 is 28.3 Å². The molecule has 0 radical (unpaired) electrons. The summed E-state index contributed by atoms with van der Waals surface area (Å²) in [7, 11) is 0. The molecule has 2 saturated carbocycles. The summed E-state index contributed by atoms with van der Waals surface area (Å²) in [4.78, 5) is 23.9. The van der Waals surface area contributed by atoms with Crippen LogP contribution in [0.15, 0.2) is 63.5 Å². The Hall–Kier alpha value is -4.33. The van der Waals surface area contributed by atoms with E-state index in [4.69, 9.17) is 28.3 Å². The van der Waals surface area contributed by atoms with Gasteiger partial charge in [-0.25, -0.2) is 4.99 Å². The fraction of sp³-hybridized carbons (Fsp3) is 0.444. The van der Waals surface area contributed by atoms with Gasteiger partial charge in [-0.1, -0.05) is 12.7 Å². The highest BCUT2D eigenvalue weighted by atomic mass is 16.1. The van der Waals surface area contributed by atoms with Crippen molar-refractivity contribution in [3.8, 4) is 12.8 Å². The molecule has 1 atom stereocenters. The molecule has 206 valence electrons. The maximum Gasteiger partial charge on any atom is 0.234 e. The standard InChI is InChI=1S/C18H29N7.C7H11N3O.C2H2/c1-3-4-9-22-12-17(23-16(20)11-15(19)14-7-8-14)24-18(21)25-10-5-6-13(25)2;8-6(5-1-2-5)3-7(9)10-4-11;1-2/h3-4,9,11,13-14,22H,1,5-8,10,12,19H2,2H3,(H3,20,21,23,24);3-5H,1-2,8H2,(H2,9,10,11);1-2H/b9-4-,15-11-;6-3-;/t13-;;/m0../s1. The van der Waals surface area contributed by atoms with E-state index in [-0.39, 0.29) is 11.8 Å². The number of hydrogen-bond acceptors (Lipinski definition) is 5. The van der Waals surface area contributed by atoms with Crippen molar-refractivity contribution in [3.05, 3.63) is 48.5 Å². The fourth-order valence-corrected chi connectivity index (χ4v) is 3.51. The van der Waals surface area contributed by atoms with Crippen molar-refractivity contribution in [2.75, 3.05) is 13.1 Å². The molecule has 3 rings (SSSR count). The molecule has 11 heteroatoms. The van der Waals surface area contributed by atoms with Crippen LogP contribution in [-0.4, -0.2) is 53.9 Å². The van der Waals surface area contributed by atoms with Gasteiger partial charge in [0.25, 0.3) is 0 Å². The molecule has 38 heavy (non-hydrogen) atoms. The third-order valence-corrected chi connectivity index (χ3v) is 5.86. The molecule has 1 saturated heterocycles. The Morgan fingerprint density at radius 1 is 1.03 bits per heavy atom. The van der Waals surface area contributed by atoms with Crippen LogP contribution in [0.5, 0.6) is 0 Å². The first-order chi connectivity index (χ1) is 18.2. The van der Waals surface area contributed by atoms with E-state index < -0.39 is 0 Å². The van der Waals surface area contributed by atoms with Crippen LogP contribution in [-0.2, 0) is 4.79 Å². The molecule has 0 unspecified atom stereocenters. The number of nitrogens with zero attached hydrogens (tertiary/aromatic N) is 4. The van der Waals surface area contributed by atoms with Gasteiger partial charge in [-0.3, -0.25) is 10.2 Å². The quantitative estimate of drug-likeness (QED) is 0.0870. The number of carbonyl (C=O) groups is 1. The molecule has 3 aliphatic rings. The summed E-state index contributed by atoms with van der Waals surface area (Å²) in [5.41, 5.74) is 24.4. The third-order valence-electron chi connectivity index (χ3n) is 5.86. The van der Waals surface area contributed by atoms with Crippen LogP contribution in [0.25, 0.3) is 0 Å². The molecule has 1 aliphatic heterocycles. The highest BCUT2D eigenvalue weighted by Gasteiger charge is 2.25. The van der Waals surface area contributed by atoms with Crippen LogP contribution in [0.1, 0.15) is 45.4 Å². The van der Waals surface area contributed by atoms with Crippen molar-refractivity contribution in [2.24, 2.45) is 49.7 Å². The Kier molecular flexibility index (Phi) is 14.3. The molecule has 10 N–H and O–H groups in total. The summed E-state index contributed by atoms with van der Waals surface area (Å²) in [6.07, 6.45) is 23.5. The Morgan fingerprint density at radius 3 is 2.08 bits per heavy atom. The van der Waals surface area contributed by atoms with Crippen LogP contribution >= 0.6 is 0 Å². The van der Waals surface area contributed by atoms with Gasteiger partial charge in [0.2, 0.25) is 12.4 Å². The molecular formula is C27H42N10O. The average Bonchev–Trinajstić information content (AvgIpc) is 3.80. The molecule has 11 nitrogen and oxygen atoms in total. The first-order valence-electron chi connectivity index (χ1n) is 12.6. The number of hydrogen-bond donors (Lipinski definition) is 6. The van der Waals surface area contributed by atoms with Gasteiger partial charge in [0, 0.05) is 24.0 Å². The summed E-state index contributed by atoms with van der Waals surface area (Å²) in [5, 5.41) is 11.3. The van der Waals surface area contributed by atoms with Crippen LogP contribution in [0, 0.1) is 30.1 Å². The lowest BCUT2D eigenvalue weighted by Gasteiger charge is -2.21. The topological polar surface area (TPSA) is 197 Å². The van der Waals surface area contributed by atoms with Gasteiger partial charge in [-0.05, 0) is 81.7 Å². The summed E-state index contributed by atoms with van der Waals surface area (Å²) in [6, 6.07) is 0.331. The van der Waals surface area contributed by atoms with Crippen molar-refractivity contribution in [2.45, 2.75) is 51.5 Å². The molecule has 0 bridgehead atoms. The molecule has 1 amide bonds. The number of carbonyl (C=O) groups excluding carboxylic acids is 1. The van der Waals surface area contributed by atoms with E-state index in [0.29, 0.717) is 42.5 Å². The third kappa shape index (κ3) is 12.6. The number of amides is 1. The van der Waals surface area contributed by atoms with Gasteiger partial charge < -0.3 is 33.2 Å². The highest BCUT2D eigenvalue weighted by Crippen LogP contribution is 2.34. The first-order valence-corrected chi connectivity index (χ1v) is 12.6. The van der Waals surface area contributed by atoms with Gasteiger partial charge in [-0.2, -0.15) is 9.98 Å². The lowest BCUT2D eigenvalue weighted by Crippen LogP contribution is -2.33. The van der Waals surface area contributed by atoms with Crippen molar-refractivity contribution in [3.63, 3.8) is 0 Å². The number of amidine groups is 3. The van der Waals surface area contributed by atoms with E-state index in [1.165, 1.54) is 0 Å². The van der Waals surface area contributed by atoms with Crippen LogP contribution in [0.2, 0.25) is 0 Å². The Labute approximate surface area is 226 Å². The number of nitrogens with one attached hydrogen (secondary N) is 2. The molecular weight excluding hydrogens is 480 g/mol. The molecule has 1 heterocycles. The normalized spacial score (nSPS) is 20.7. The highest BCUT2D eigenvalue weighted by molar-refractivity contribution is 6.06. The Balaban J connectivity index is 0.000000463. The van der Waals surface area contributed by atoms with E-state index in [9.17, 15) is 4.79 Å². The second-order valence-electron chi connectivity index (χ2n) is 9.05. The van der Waals surface area contributed by atoms with Crippen molar-refractivity contribution in [1.29, 1.82) is 5.41 Å². The minimum atomic E-state index is 0.185. The van der Waals surface area contributed by atoms with E-state index in [1.807, 2.05) is 4.90 Å². The van der Waals surface area contributed by atoms with E-state index in [2.05, 4.69) is 46.6 Å². The molecule has 0 aromatic carbocycles. The predicted molar refractivity (Wildman–Crippen MR) is 157 cm³/mol. The second-order valence-corrected chi connectivity index (χ2v) is 9.05. The first kappa shape index (κ1) is 31.7. The number of rotatable bonds is 9. The van der Waals surface area contributed by atoms with Gasteiger partial charge in [0.15, 0.2) is 5.84 Å². The van der Waals surface area contributed by atoms with Crippen molar-refractivity contribution < 1.29 is 4.79 Å². The zero-order valence-corrected chi connectivity index (χ0v) is 22.2. The zero-order valence-electron chi connectivity index (χ0n) is 22.2. The summed E-state index contributed by atoms with van der Waals surface area (Å²) in [6.45, 7) is 6.96. The van der Waals surface area contributed by atoms with E-state index >= 15 is 0 Å². The zero-order chi connectivity index (χ0) is 28.5. The van der Waals surface area contributed by atoms with E-state index in [0.717, 1.165) is 56.5 Å². The van der Waals surface area contributed by atoms with Gasteiger partial charge >= 0.3 is 0 Å². The second kappa shape index (κ2) is 17.2. The number of guanidine groups is 1. The number of aliphatic imine (C=N–C) groups is 3. The molecule has 2 aliphatic carbocycles. The Morgan fingerprint density at radius 2 is 1.61 bits per heavy atom. The SMILES string of the molecule is C#C.C=C/C=C\NCC(/N=C(N)/C=C(\N)C1CC1)=N\C(=N)N1CCC[C@@H]1C.NC(/C=C(\N)C1CC1)=NC=O. The predicted octanol–water partition coefficient (Wildman–Crippen LogP) is 1.71. The van der Waals surface area contributed by atoms with Crippen molar-refractivity contribution >= 4 is 29.9 Å². The molecule has 3 fully saturated rings. The summed E-state index contributed by atoms with van der Waals surface area (Å²) in [5.74, 6) is 2.09. The number of terminal acetylenes is 1. The monoisotopic (exact) mass is 522 g/mol. The van der Waals surface area contributed by atoms with E-state index in [1.54, 1.807) is 30.5 Å². The minimum absolute atomic E-state index is 0.185. The summed E-state index contributed by atoms with van der Waals surface area (Å²) < 4.78 is 0. The number of nitrogens with two attached hydrogens (primary N) is 4. The van der Waals surface area contributed by atoms with Crippen LogP contribution in [0.4, 0.5) is 0 Å². The lowest BCUT2D eigenvalue weighted by molar-refractivity contribution is -0.106. The lowest BCUT2D eigenvalue weighted by atomic mass is 10.2. The van der Waals surface area contributed by atoms with Gasteiger partial charge in [-0.15, -0.1) is 12.8 Å². The smallest absolute Gasteiger partial charge is 0.234 e. The molecule has 0 aromatic heterocycles. The van der Waals surface area contributed by atoms with Gasteiger partial charge in [0.05, 0.1) is 6.54 Å². The maximum atomic E-state index is 9.84. The number of allylic oxidation sites excluding steroid dienone is 4.